The number of halogens is 1. The average Bonchev–Trinajstić information content (AvgIpc) is 2.84. The highest BCUT2D eigenvalue weighted by atomic mass is 127. The zero-order valence-electron chi connectivity index (χ0n) is 25.2. The Morgan fingerprint density at radius 2 is 0.657 bits per heavy atom. The number of nitrogens with two attached hydrogens (primary N) is 1. The first-order chi connectivity index (χ1) is 16.6. The van der Waals surface area contributed by atoms with Crippen LogP contribution in [0.15, 0.2) is 0 Å². The first-order valence-corrected chi connectivity index (χ1v) is 16.4. The smallest absolute Gasteiger partial charge is 0.0182 e. The van der Waals surface area contributed by atoms with E-state index in [0.717, 1.165) is 5.92 Å². The summed E-state index contributed by atoms with van der Waals surface area (Å²) in [5.74, 6) is 0.756. The van der Waals surface area contributed by atoms with E-state index in [1.807, 2.05) is 0 Å². The van der Waals surface area contributed by atoms with Gasteiger partial charge in [-0.2, -0.15) is 0 Å². The van der Waals surface area contributed by atoms with E-state index in [1.54, 1.807) is 0 Å². The molecule has 214 valence electrons. The highest BCUT2D eigenvalue weighted by Gasteiger charge is 2.33. The van der Waals surface area contributed by atoms with Crippen molar-refractivity contribution in [2.24, 2.45) is 11.7 Å². The third-order valence-corrected chi connectivity index (χ3v) is 8.37. The fraction of sp³-hybridized carbons (Fsp3) is 1.00. The largest absolute Gasteiger partial charge is 0.325 e. The molecule has 0 heterocycles. The Kier molecular flexibility index (Phi) is 31.6. The second kappa shape index (κ2) is 29.2. The zero-order chi connectivity index (χ0) is 25.2. The van der Waals surface area contributed by atoms with Crippen LogP contribution in [0.4, 0.5) is 0 Å². The van der Waals surface area contributed by atoms with Crippen LogP contribution in [-0.2, 0) is 0 Å². The van der Waals surface area contributed by atoms with Gasteiger partial charge in [0.05, 0.1) is 0 Å². The minimum absolute atomic E-state index is 0. The summed E-state index contributed by atoms with van der Waals surface area (Å²) in [7, 11) is 0. The lowest BCUT2D eigenvalue weighted by atomic mass is 9.72. The molecule has 0 saturated carbocycles. The number of hydrogen-bond donors (Lipinski definition) is 1. The van der Waals surface area contributed by atoms with Crippen molar-refractivity contribution >= 4 is 24.0 Å². The van der Waals surface area contributed by atoms with Crippen LogP contribution in [0.25, 0.3) is 0 Å². The van der Waals surface area contributed by atoms with Crippen LogP contribution in [0.1, 0.15) is 201 Å². The first kappa shape index (κ1) is 37.8. The molecule has 0 rings (SSSR count). The molecule has 0 aromatic heterocycles. The Labute approximate surface area is 241 Å². The molecule has 0 saturated heterocycles. The highest BCUT2D eigenvalue weighted by Crippen LogP contribution is 2.35. The predicted molar refractivity (Wildman–Crippen MR) is 173 cm³/mol. The summed E-state index contributed by atoms with van der Waals surface area (Å²) in [6.45, 7) is 9.28. The lowest BCUT2D eigenvalue weighted by molar-refractivity contribution is 0.189. The summed E-state index contributed by atoms with van der Waals surface area (Å²) in [5, 5.41) is 0. The molecule has 0 radical (unpaired) electrons. The Balaban J connectivity index is 0. The predicted octanol–water partition coefficient (Wildman–Crippen LogP) is 12.5. The van der Waals surface area contributed by atoms with Crippen LogP contribution in [-0.4, -0.2) is 5.54 Å². The van der Waals surface area contributed by atoms with Crippen molar-refractivity contribution < 1.29 is 0 Å². The third-order valence-electron chi connectivity index (χ3n) is 8.37. The molecule has 35 heavy (non-hydrogen) atoms. The topological polar surface area (TPSA) is 26.0 Å². The van der Waals surface area contributed by atoms with Crippen molar-refractivity contribution in [3.05, 3.63) is 0 Å². The SMILES string of the molecule is CCCCCCCCCCC(CCCCCCC)C(N)(CCCCCCC)CCCCCCC.I. The molecule has 0 bridgehead atoms. The van der Waals surface area contributed by atoms with E-state index < -0.39 is 0 Å². The van der Waals surface area contributed by atoms with E-state index in [0.29, 0.717) is 0 Å². The molecule has 0 aliphatic heterocycles. The Bertz CT molecular complexity index is 369. The van der Waals surface area contributed by atoms with E-state index in [2.05, 4.69) is 27.7 Å². The summed E-state index contributed by atoms with van der Waals surface area (Å²) >= 11 is 0. The maximum atomic E-state index is 7.41. The molecule has 0 fully saturated rings. The van der Waals surface area contributed by atoms with Gasteiger partial charge in [0, 0.05) is 5.54 Å². The molecule has 0 aliphatic rings. The van der Waals surface area contributed by atoms with Crippen molar-refractivity contribution in [2.45, 2.75) is 207 Å². The molecule has 0 aromatic rings. The summed E-state index contributed by atoms with van der Waals surface area (Å²) < 4.78 is 0. The number of hydrogen-bond acceptors (Lipinski definition) is 1. The maximum absolute atomic E-state index is 7.41. The van der Waals surface area contributed by atoms with Crippen molar-refractivity contribution in [3.8, 4) is 0 Å². The van der Waals surface area contributed by atoms with Gasteiger partial charge < -0.3 is 5.73 Å². The summed E-state index contributed by atoms with van der Waals surface area (Å²) in [6.07, 6.45) is 37.5. The maximum Gasteiger partial charge on any atom is 0.0182 e. The molecule has 0 spiro atoms. The first-order valence-electron chi connectivity index (χ1n) is 16.4. The summed E-state index contributed by atoms with van der Waals surface area (Å²) in [4.78, 5) is 0. The summed E-state index contributed by atoms with van der Waals surface area (Å²) in [5.41, 5.74) is 7.51. The van der Waals surface area contributed by atoms with Gasteiger partial charge in [0.1, 0.15) is 0 Å². The fourth-order valence-electron chi connectivity index (χ4n) is 5.89. The van der Waals surface area contributed by atoms with E-state index in [9.17, 15) is 0 Å². The van der Waals surface area contributed by atoms with Crippen LogP contribution < -0.4 is 5.73 Å². The number of unbranched alkanes of at least 4 members (excludes halogenated alkanes) is 19. The zero-order valence-corrected chi connectivity index (χ0v) is 27.5. The fourth-order valence-corrected chi connectivity index (χ4v) is 5.89. The average molecular weight is 608 g/mol. The van der Waals surface area contributed by atoms with E-state index in [-0.39, 0.29) is 29.5 Å². The van der Waals surface area contributed by atoms with Gasteiger partial charge in [-0.1, -0.05) is 175 Å². The van der Waals surface area contributed by atoms with Crippen LogP contribution >= 0.6 is 24.0 Å². The lowest BCUT2D eigenvalue weighted by Crippen LogP contribution is -2.47. The van der Waals surface area contributed by atoms with Gasteiger partial charge in [-0.15, -0.1) is 24.0 Å². The van der Waals surface area contributed by atoms with Crippen LogP contribution in [0, 0.1) is 5.92 Å². The number of rotatable bonds is 28. The molecule has 1 unspecified atom stereocenters. The van der Waals surface area contributed by atoms with E-state index in [4.69, 9.17) is 5.73 Å². The molecule has 0 amide bonds. The van der Waals surface area contributed by atoms with Gasteiger partial charge in [-0.3, -0.25) is 0 Å². The Morgan fingerprint density at radius 1 is 0.400 bits per heavy atom. The molecular formula is C33H70IN. The van der Waals surface area contributed by atoms with Gasteiger partial charge in [0.25, 0.3) is 0 Å². The van der Waals surface area contributed by atoms with Crippen molar-refractivity contribution in [1.82, 2.24) is 0 Å². The van der Waals surface area contributed by atoms with Crippen LogP contribution in [0.2, 0.25) is 0 Å². The van der Waals surface area contributed by atoms with E-state index >= 15 is 0 Å². The molecule has 2 N–H and O–H groups in total. The van der Waals surface area contributed by atoms with Crippen LogP contribution in [0.3, 0.4) is 0 Å². The van der Waals surface area contributed by atoms with Crippen LogP contribution in [0.5, 0.6) is 0 Å². The highest BCUT2D eigenvalue weighted by molar-refractivity contribution is 14.0. The van der Waals surface area contributed by atoms with Gasteiger partial charge in [0.2, 0.25) is 0 Å². The van der Waals surface area contributed by atoms with Gasteiger partial charge in [-0.25, -0.2) is 0 Å². The summed E-state index contributed by atoms with van der Waals surface area (Å²) in [6, 6.07) is 0. The second-order valence-electron chi connectivity index (χ2n) is 11.7. The minimum Gasteiger partial charge on any atom is -0.325 e. The quantitative estimate of drug-likeness (QED) is 0.0695. The monoisotopic (exact) mass is 607 g/mol. The minimum atomic E-state index is 0. The molecule has 0 aromatic carbocycles. The standard InChI is InChI=1S/C33H69N.HI/c1-5-9-13-17-18-19-21-25-29-32(28-24-20-14-10-6-2)33(34,30-26-22-15-11-7-3)31-27-23-16-12-8-4;/h32H,5-31,34H2,1-4H3;1H. The molecule has 1 atom stereocenters. The Morgan fingerprint density at radius 3 is 0.971 bits per heavy atom. The molecule has 1 nitrogen and oxygen atoms in total. The van der Waals surface area contributed by atoms with Crippen molar-refractivity contribution in [3.63, 3.8) is 0 Å². The Hall–Kier alpha value is 0.690. The molecular weight excluding hydrogens is 537 g/mol. The second-order valence-corrected chi connectivity index (χ2v) is 11.7. The molecule has 2 heteroatoms. The van der Waals surface area contributed by atoms with Gasteiger partial charge in [-0.05, 0) is 31.6 Å². The van der Waals surface area contributed by atoms with Gasteiger partial charge in [0.15, 0.2) is 0 Å². The van der Waals surface area contributed by atoms with Gasteiger partial charge >= 0.3 is 0 Å². The van der Waals surface area contributed by atoms with E-state index in [1.165, 1.54) is 173 Å². The molecule has 0 aliphatic carbocycles. The normalized spacial score (nSPS) is 12.6. The van der Waals surface area contributed by atoms with Crippen molar-refractivity contribution in [1.29, 1.82) is 0 Å². The third kappa shape index (κ3) is 23.5. The lowest BCUT2D eigenvalue weighted by Gasteiger charge is -2.39. The van der Waals surface area contributed by atoms with Crippen molar-refractivity contribution in [2.75, 3.05) is 0 Å².